The molecule has 0 fully saturated rings. The molecule has 0 aliphatic heterocycles. The lowest BCUT2D eigenvalue weighted by Gasteiger charge is -2.11. The van der Waals surface area contributed by atoms with Crippen molar-refractivity contribution in [2.45, 2.75) is 46.0 Å². The van der Waals surface area contributed by atoms with E-state index in [0.717, 1.165) is 36.8 Å². The summed E-state index contributed by atoms with van der Waals surface area (Å²) in [5.74, 6) is 1.22. The molecule has 2 rings (SSSR count). The van der Waals surface area contributed by atoms with Crippen molar-refractivity contribution in [1.29, 1.82) is 0 Å². The zero-order chi connectivity index (χ0) is 23.7. The van der Waals surface area contributed by atoms with E-state index in [9.17, 15) is 4.79 Å². The molecule has 0 aliphatic rings. The Morgan fingerprint density at radius 1 is 0.818 bits per heavy atom. The number of unbranched alkanes of at least 4 members (excludes halogenated alkanes) is 2. The van der Waals surface area contributed by atoms with E-state index in [-0.39, 0.29) is 19.6 Å². The fraction of sp³-hybridized carbons (Fsp3) is 0.444. The van der Waals surface area contributed by atoms with E-state index in [1.54, 1.807) is 0 Å². The van der Waals surface area contributed by atoms with Crippen molar-refractivity contribution >= 4 is 18.1 Å². The van der Waals surface area contributed by atoms with Gasteiger partial charge in [-0.2, -0.15) is 0 Å². The molecule has 0 amide bonds. The highest BCUT2D eigenvalue weighted by molar-refractivity contribution is 5.71. The monoisotopic (exact) mass is 456 g/mol. The van der Waals surface area contributed by atoms with Gasteiger partial charge in [-0.3, -0.25) is 4.79 Å². The first kappa shape index (κ1) is 26.4. The largest absolute Gasteiger partial charge is 0.469 e. The molecule has 6 nitrogen and oxygen atoms in total. The Morgan fingerprint density at radius 2 is 1.48 bits per heavy atom. The summed E-state index contributed by atoms with van der Waals surface area (Å²) in [5, 5.41) is 0. The van der Waals surface area contributed by atoms with E-state index in [1.165, 1.54) is 12.7 Å². The maximum Gasteiger partial charge on any atom is 0.305 e. The molecular weight excluding hydrogens is 420 g/mol. The van der Waals surface area contributed by atoms with Gasteiger partial charge in [-0.25, -0.2) is 0 Å². The maximum absolute atomic E-state index is 11.2. The van der Waals surface area contributed by atoms with Gasteiger partial charge in [-0.15, -0.1) is 0 Å². The first-order chi connectivity index (χ1) is 16.1. The lowest BCUT2D eigenvalue weighted by atomic mass is 10.0. The fourth-order valence-electron chi connectivity index (χ4n) is 3.16. The van der Waals surface area contributed by atoms with E-state index < -0.39 is 0 Å². The van der Waals surface area contributed by atoms with Crippen LogP contribution >= 0.6 is 0 Å². The number of hydrogen-bond donors (Lipinski definition) is 0. The Hall–Kier alpha value is -2.83. The molecule has 0 bridgehead atoms. The van der Waals surface area contributed by atoms with Gasteiger partial charge in [0.25, 0.3) is 0 Å². The van der Waals surface area contributed by atoms with Crippen LogP contribution in [-0.4, -0.2) is 39.9 Å². The third-order valence-electron chi connectivity index (χ3n) is 4.92. The van der Waals surface area contributed by atoms with Crippen LogP contribution in [0.1, 0.15) is 56.2 Å². The second kappa shape index (κ2) is 15.9. The third-order valence-corrected chi connectivity index (χ3v) is 4.92. The lowest BCUT2D eigenvalue weighted by Crippen LogP contribution is -2.04. The van der Waals surface area contributed by atoms with E-state index >= 15 is 0 Å². The lowest BCUT2D eigenvalue weighted by molar-refractivity contribution is -0.140. The summed E-state index contributed by atoms with van der Waals surface area (Å²) in [6.07, 6.45) is 8.51. The van der Waals surface area contributed by atoms with Gasteiger partial charge in [-0.1, -0.05) is 42.8 Å². The van der Waals surface area contributed by atoms with Crippen LogP contribution in [0.3, 0.4) is 0 Å². The molecule has 0 aromatic heterocycles. The molecule has 6 heteroatoms. The number of methoxy groups -OCH3 is 1. The van der Waals surface area contributed by atoms with Gasteiger partial charge in [0.1, 0.15) is 11.5 Å². The zero-order valence-corrected chi connectivity index (χ0v) is 20.0. The van der Waals surface area contributed by atoms with Gasteiger partial charge in [0.15, 0.2) is 13.6 Å². The predicted octanol–water partition coefficient (Wildman–Crippen LogP) is 5.88. The van der Waals surface area contributed by atoms with Crippen LogP contribution in [0.4, 0.5) is 0 Å². The van der Waals surface area contributed by atoms with Crippen molar-refractivity contribution in [2.24, 2.45) is 0 Å². The van der Waals surface area contributed by atoms with Crippen molar-refractivity contribution in [3.63, 3.8) is 0 Å². The number of hydrogen-bond acceptors (Lipinski definition) is 6. The Labute approximate surface area is 197 Å². The van der Waals surface area contributed by atoms with Crippen molar-refractivity contribution in [3.05, 3.63) is 59.2 Å². The molecular formula is C27H36O6. The van der Waals surface area contributed by atoms with Crippen LogP contribution in [0, 0.1) is 0 Å². The van der Waals surface area contributed by atoms with E-state index in [4.69, 9.17) is 18.9 Å². The topological polar surface area (TPSA) is 63.2 Å². The van der Waals surface area contributed by atoms with Gasteiger partial charge >= 0.3 is 5.97 Å². The maximum atomic E-state index is 11.2. The van der Waals surface area contributed by atoms with Gasteiger partial charge in [0.05, 0.1) is 7.11 Å². The molecule has 0 N–H and O–H groups in total. The molecule has 0 aliphatic carbocycles. The van der Waals surface area contributed by atoms with Gasteiger partial charge in [-0.05, 0) is 61.9 Å². The van der Waals surface area contributed by atoms with Crippen LogP contribution in [0.15, 0.2) is 42.5 Å². The van der Waals surface area contributed by atoms with E-state index in [2.05, 4.69) is 35.1 Å². The summed E-state index contributed by atoms with van der Waals surface area (Å²) in [4.78, 5) is 11.2. The minimum atomic E-state index is -0.138. The normalized spacial score (nSPS) is 11.0. The molecule has 0 saturated heterocycles. The van der Waals surface area contributed by atoms with Gasteiger partial charge < -0.3 is 23.7 Å². The van der Waals surface area contributed by atoms with Crippen LogP contribution in [-0.2, 0) is 25.4 Å². The highest BCUT2D eigenvalue weighted by Gasteiger charge is 2.03. The van der Waals surface area contributed by atoms with Crippen LogP contribution in [0.25, 0.3) is 12.2 Å². The zero-order valence-electron chi connectivity index (χ0n) is 20.0. The highest BCUT2D eigenvalue weighted by Crippen LogP contribution is 2.25. The Balaban J connectivity index is 1.99. The summed E-state index contributed by atoms with van der Waals surface area (Å²) < 4.78 is 26.6. The summed E-state index contributed by atoms with van der Waals surface area (Å²) in [6.45, 7) is 5.42. The summed E-state index contributed by atoms with van der Waals surface area (Å²) in [7, 11) is 1.43. The summed E-state index contributed by atoms with van der Waals surface area (Å²) in [6, 6.07) is 14.2. The van der Waals surface area contributed by atoms with E-state index in [0.29, 0.717) is 31.1 Å². The number of carbonyl (C=O) groups is 1. The van der Waals surface area contributed by atoms with Crippen molar-refractivity contribution < 1.29 is 28.5 Å². The van der Waals surface area contributed by atoms with Gasteiger partial charge in [0, 0.05) is 25.7 Å². The molecule has 33 heavy (non-hydrogen) atoms. The van der Waals surface area contributed by atoms with Crippen LogP contribution in [0.2, 0.25) is 0 Å². The molecule has 2 aromatic carbocycles. The third kappa shape index (κ3) is 11.0. The molecule has 0 atom stereocenters. The smallest absolute Gasteiger partial charge is 0.305 e. The average Bonchev–Trinajstić information content (AvgIpc) is 2.83. The molecule has 0 saturated carbocycles. The number of ether oxygens (including phenoxy) is 5. The van der Waals surface area contributed by atoms with Crippen molar-refractivity contribution in [2.75, 3.05) is 33.9 Å². The van der Waals surface area contributed by atoms with Crippen molar-refractivity contribution in [1.82, 2.24) is 0 Å². The number of aryl methyl sites for hydroxylation is 1. The number of esters is 1. The molecule has 0 radical (unpaired) electrons. The molecule has 0 spiro atoms. The first-order valence-electron chi connectivity index (χ1n) is 11.5. The summed E-state index contributed by atoms with van der Waals surface area (Å²) in [5.41, 5.74) is 3.37. The highest BCUT2D eigenvalue weighted by atomic mass is 16.7. The minimum absolute atomic E-state index is 0.138. The SMILES string of the molecule is CCOCOc1cc(C=Cc2cccc(CCCCCC(=O)OC)c2)cc(OCOCC)c1. The van der Waals surface area contributed by atoms with Crippen molar-refractivity contribution in [3.8, 4) is 11.5 Å². The second-order valence-corrected chi connectivity index (χ2v) is 7.46. The second-order valence-electron chi connectivity index (χ2n) is 7.46. The minimum Gasteiger partial charge on any atom is -0.469 e. The quantitative estimate of drug-likeness (QED) is 0.136. The predicted molar refractivity (Wildman–Crippen MR) is 130 cm³/mol. The van der Waals surface area contributed by atoms with E-state index in [1.807, 2.05) is 38.1 Å². The number of benzene rings is 2. The van der Waals surface area contributed by atoms with Crippen LogP contribution in [0.5, 0.6) is 11.5 Å². The number of carbonyl (C=O) groups excluding carboxylic acids is 1. The molecule has 0 unspecified atom stereocenters. The van der Waals surface area contributed by atoms with Crippen LogP contribution < -0.4 is 9.47 Å². The summed E-state index contributed by atoms with van der Waals surface area (Å²) >= 11 is 0. The Morgan fingerprint density at radius 3 is 2.12 bits per heavy atom. The molecule has 180 valence electrons. The average molecular weight is 457 g/mol. The first-order valence-corrected chi connectivity index (χ1v) is 11.5. The number of rotatable bonds is 16. The standard InChI is InChI=1S/C27H36O6/c1-4-30-20-32-25-17-24(18-26(19-25)33-21-31-5-2)15-14-23-12-9-11-22(16-23)10-7-6-8-13-27(28)29-3/h9,11-12,14-19H,4-8,10,13,20-21H2,1-3H3. The fourth-order valence-corrected chi connectivity index (χ4v) is 3.16. The Bertz CT molecular complexity index is 833. The van der Waals surface area contributed by atoms with Gasteiger partial charge in [0.2, 0.25) is 0 Å². The molecule has 0 heterocycles. The Kier molecular flexibility index (Phi) is 12.7. The molecule has 2 aromatic rings.